The predicted molar refractivity (Wildman–Crippen MR) is 69.5 cm³/mol. The number of thioether (sulfide) groups is 1. The second-order valence-corrected chi connectivity index (χ2v) is 5.78. The number of carbonyl (C=O) groups excluding carboxylic acids is 1. The molecule has 1 aromatic rings. The van der Waals surface area contributed by atoms with Crippen LogP contribution in [0, 0.1) is 5.82 Å². The lowest BCUT2D eigenvalue weighted by molar-refractivity contribution is -0.140. The summed E-state index contributed by atoms with van der Waals surface area (Å²) in [7, 11) is 1.76. The minimum atomic E-state index is -4.80. The molecule has 1 heterocycles. The largest absolute Gasteiger partial charge is 0.419 e. The average molecular weight is 307 g/mol. The van der Waals surface area contributed by atoms with Crippen LogP contribution in [0.5, 0.6) is 0 Å². The summed E-state index contributed by atoms with van der Waals surface area (Å²) in [4.78, 5) is 14.1. The summed E-state index contributed by atoms with van der Waals surface area (Å²) in [5.41, 5.74) is -1.49. The lowest BCUT2D eigenvalue weighted by Gasteiger charge is -2.31. The van der Waals surface area contributed by atoms with Crippen molar-refractivity contribution in [3.8, 4) is 0 Å². The molecular weight excluding hydrogens is 294 g/mol. The molecule has 1 atom stereocenters. The molecule has 110 valence electrons. The van der Waals surface area contributed by atoms with Crippen LogP contribution >= 0.6 is 11.8 Å². The van der Waals surface area contributed by atoms with E-state index in [2.05, 4.69) is 0 Å². The van der Waals surface area contributed by atoms with Gasteiger partial charge in [-0.15, -0.1) is 0 Å². The summed E-state index contributed by atoms with van der Waals surface area (Å²) in [6, 6.07) is 1.96. The van der Waals surface area contributed by atoms with Crippen molar-refractivity contribution in [3.63, 3.8) is 0 Å². The maximum absolute atomic E-state index is 13.2. The Balaban J connectivity index is 2.31. The van der Waals surface area contributed by atoms with Crippen LogP contribution in [0.25, 0.3) is 0 Å². The van der Waals surface area contributed by atoms with Crippen molar-refractivity contribution in [2.75, 3.05) is 25.1 Å². The second kappa shape index (κ2) is 5.73. The molecule has 1 saturated heterocycles. The number of Topliss-reactive ketones (excluding diaryl/α,β-unsaturated/α-hetero) is 1. The third-order valence-electron chi connectivity index (χ3n) is 3.26. The van der Waals surface area contributed by atoms with Gasteiger partial charge in [-0.1, -0.05) is 0 Å². The molecule has 1 aliphatic heterocycles. The van der Waals surface area contributed by atoms with Crippen molar-refractivity contribution in [2.45, 2.75) is 12.2 Å². The van der Waals surface area contributed by atoms with Crippen LogP contribution in [0.15, 0.2) is 18.2 Å². The third kappa shape index (κ3) is 3.15. The van der Waals surface area contributed by atoms with Gasteiger partial charge in [0.1, 0.15) is 5.82 Å². The molecule has 0 N–H and O–H groups in total. The van der Waals surface area contributed by atoms with Crippen molar-refractivity contribution in [1.29, 1.82) is 0 Å². The monoisotopic (exact) mass is 307 g/mol. The summed E-state index contributed by atoms with van der Waals surface area (Å²) in [6.07, 6.45) is -4.80. The Morgan fingerprint density at radius 3 is 2.70 bits per heavy atom. The predicted octanol–water partition coefficient (Wildman–Crippen LogP) is 3.07. The maximum atomic E-state index is 13.2. The highest BCUT2D eigenvalue weighted by molar-refractivity contribution is 7.99. The fourth-order valence-corrected chi connectivity index (χ4v) is 3.26. The quantitative estimate of drug-likeness (QED) is 0.619. The number of ketones is 1. The van der Waals surface area contributed by atoms with E-state index in [9.17, 15) is 22.4 Å². The van der Waals surface area contributed by atoms with Gasteiger partial charge in [0.15, 0.2) is 5.78 Å². The number of hydrogen-bond acceptors (Lipinski definition) is 3. The molecule has 20 heavy (non-hydrogen) atoms. The molecule has 0 radical (unpaired) electrons. The van der Waals surface area contributed by atoms with Crippen molar-refractivity contribution in [1.82, 2.24) is 4.90 Å². The van der Waals surface area contributed by atoms with Crippen molar-refractivity contribution in [2.24, 2.45) is 0 Å². The van der Waals surface area contributed by atoms with E-state index in [1.807, 2.05) is 4.90 Å². The Labute approximate surface area is 118 Å². The van der Waals surface area contributed by atoms with E-state index >= 15 is 0 Å². The van der Waals surface area contributed by atoms with E-state index in [0.29, 0.717) is 24.4 Å². The van der Waals surface area contributed by atoms with E-state index in [1.165, 1.54) is 0 Å². The van der Waals surface area contributed by atoms with Crippen molar-refractivity contribution in [3.05, 3.63) is 35.1 Å². The highest BCUT2D eigenvalue weighted by Gasteiger charge is 2.35. The average Bonchev–Trinajstić information content (AvgIpc) is 2.37. The maximum Gasteiger partial charge on any atom is 0.419 e. The second-order valence-electron chi connectivity index (χ2n) is 4.63. The Morgan fingerprint density at radius 1 is 1.40 bits per heavy atom. The third-order valence-corrected chi connectivity index (χ3v) is 4.28. The van der Waals surface area contributed by atoms with Gasteiger partial charge in [0, 0.05) is 23.6 Å². The molecule has 0 spiro atoms. The molecule has 1 aliphatic rings. The number of likely N-dealkylation sites (N-methyl/N-ethyl adjacent to an activating group) is 1. The van der Waals surface area contributed by atoms with E-state index in [1.54, 1.807) is 18.8 Å². The van der Waals surface area contributed by atoms with E-state index in [4.69, 9.17) is 0 Å². The molecule has 2 nitrogen and oxygen atoms in total. The number of alkyl halides is 3. The van der Waals surface area contributed by atoms with Gasteiger partial charge in [0.2, 0.25) is 0 Å². The Hall–Kier alpha value is -1.08. The first-order chi connectivity index (χ1) is 9.30. The SMILES string of the molecule is CN1CCSCC1C(=O)c1ccc(F)c(C(F)(F)F)c1. The smallest absolute Gasteiger partial charge is 0.295 e. The van der Waals surface area contributed by atoms with Gasteiger partial charge >= 0.3 is 6.18 Å². The van der Waals surface area contributed by atoms with Gasteiger partial charge in [-0.2, -0.15) is 24.9 Å². The lowest BCUT2D eigenvalue weighted by atomic mass is 10.0. The first-order valence-corrected chi connectivity index (χ1v) is 7.15. The fraction of sp³-hybridized carbons (Fsp3) is 0.462. The normalized spacial score (nSPS) is 20.9. The van der Waals surface area contributed by atoms with Gasteiger partial charge in [-0.05, 0) is 25.2 Å². The zero-order chi connectivity index (χ0) is 14.9. The Kier molecular flexibility index (Phi) is 4.39. The zero-order valence-electron chi connectivity index (χ0n) is 10.7. The highest BCUT2D eigenvalue weighted by Crippen LogP contribution is 2.32. The van der Waals surface area contributed by atoms with Crippen molar-refractivity contribution >= 4 is 17.5 Å². The van der Waals surface area contributed by atoms with Gasteiger partial charge < -0.3 is 0 Å². The molecule has 0 saturated carbocycles. The topological polar surface area (TPSA) is 20.3 Å². The Bertz CT molecular complexity index is 518. The molecular formula is C13H13F4NOS. The summed E-state index contributed by atoms with van der Waals surface area (Å²) in [6.45, 7) is 0.703. The van der Waals surface area contributed by atoms with Gasteiger partial charge in [-0.3, -0.25) is 9.69 Å². The molecule has 0 aliphatic carbocycles. The molecule has 0 aromatic heterocycles. The number of carbonyl (C=O) groups is 1. The summed E-state index contributed by atoms with van der Waals surface area (Å²) in [5, 5.41) is 0. The first-order valence-electron chi connectivity index (χ1n) is 5.99. The van der Waals surface area contributed by atoms with E-state index in [-0.39, 0.29) is 5.56 Å². The van der Waals surface area contributed by atoms with Crippen LogP contribution in [0.1, 0.15) is 15.9 Å². The number of nitrogens with zero attached hydrogens (tertiary/aromatic N) is 1. The van der Waals surface area contributed by atoms with Crippen LogP contribution in [-0.2, 0) is 6.18 Å². The molecule has 7 heteroatoms. The molecule has 1 fully saturated rings. The minimum absolute atomic E-state index is 0.0990. The molecule has 1 aromatic carbocycles. The van der Waals surface area contributed by atoms with Crippen LogP contribution in [-0.4, -0.2) is 41.8 Å². The number of hydrogen-bond donors (Lipinski definition) is 0. The molecule has 2 rings (SSSR count). The first kappa shape index (κ1) is 15.3. The summed E-state index contributed by atoms with van der Waals surface area (Å²) < 4.78 is 51.1. The molecule has 0 amide bonds. The lowest BCUT2D eigenvalue weighted by Crippen LogP contribution is -2.44. The van der Waals surface area contributed by atoms with Crippen LogP contribution in [0.2, 0.25) is 0 Å². The zero-order valence-corrected chi connectivity index (χ0v) is 11.5. The van der Waals surface area contributed by atoms with Crippen molar-refractivity contribution < 1.29 is 22.4 Å². The summed E-state index contributed by atoms with van der Waals surface area (Å²) in [5.74, 6) is -0.336. The number of halogens is 4. The van der Waals surface area contributed by atoms with Gasteiger partial charge in [0.05, 0.1) is 11.6 Å². The van der Waals surface area contributed by atoms with Crippen LogP contribution in [0.4, 0.5) is 17.6 Å². The minimum Gasteiger partial charge on any atom is -0.295 e. The van der Waals surface area contributed by atoms with Crippen LogP contribution < -0.4 is 0 Å². The van der Waals surface area contributed by atoms with E-state index < -0.39 is 29.4 Å². The van der Waals surface area contributed by atoms with Crippen LogP contribution in [0.3, 0.4) is 0 Å². The Morgan fingerprint density at radius 2 is 2.10 bits per heavy atom. The molecule has 0 bridgehead atoms. The summed E-state index contributed by atoms with van der Waals surface area (Å²) >= 11 is 1.58. The van der Waals surface area contributed by atoms with Gasteiger partial charge in [0.25, 0.3) is 0 Å². The van der Waals surface area contributed by atoms with Gasteiger partial charge in [-0.25, -0.2) is 4.39 Å². The van der Waals surface area contributed by atoms with E-state index in [0.717, 1.165) is 11.8 Å². The number of rotatable bonds is 2. The fourth-order valence-electron chi connectivity index (χ4n) is 2.05. The standard InChI is InChI=1S/C13H13F4NOS/c1-18-4-5-20-7-11(18)12(19)8-2-3-10(14)9(6-8)13(15,16)17/h2-3,6,11H,4-5,7H2,1H3. The highest BCUT2D eigenvalue weighted by atomic mass is 32.2. The number of benzene rings is 1. The molecule has 1 unspecified atom stereocenters.